The van der Waals surface area contributed by atoms with E-state index in [1.807, 2.05) is 41.5 Å². The van der Waals surface area contributed by atoms with Crippen LogP contribution in [0, 0.1) is 13.8 Å². The third kappa shape index (κ3) is 6.62. The van der Waals surface area contributed by atoms with Gasteiger partial charge in [0, 0.05) is 46.7 Å². The first-order chi connectivity index (χ1) is 22.8. The summed E-state index contributed by atoms with van der Waals surface area (Å²) in [6.45, 7) is 11.5. The number of fused-ring (bicyclic) bond motifs is 3. The fourth-order valence-corrected chi connectivity index (χ4v) is 7.36. The maximum absolute atomic E-state index is 14.4. The quantitative estimate of drug-likeness (QED) is 0.253. The normalized spacial score (nSPS) is 17.4. The number of carbonyl (C=O) groups is 2. The summed E-state index contributed by atoms with van der Waals surface area (Å²) >= 11 is 6.15. The second-order valence-corrected chi connectivity index (χ2v) is 14.4. The lowest BCUT2D eigenvalue weighted by atomic mass is 9.74. The molecule has 2 amide bonds. The number of anilines is 1. The molecule has 0 saturated carbocycles. The predicted octanol–water partition coefficient (Wildman–Crippen LogP) is 6.66. The Balaban J connectivity index is 1.43. The van der Waals surface area contributed by atoms with Gasteiger partial charge in [-0.2, -0.15) is 22.7 Å². The number of aromatic nitrogens is 5. The number of aryl methyl sites for hydroxylation is 2. The second-order valence-electron chi connectivity index (χ2n) is 14.0. The maximum atomic E-state index is 14.4. The van der Waals surface area contributed by atoms with E-state index in [-0.39, 0.29) is 40.3 Å². The zero-order valence-electron chi connectivity index (χ0n) is 28.0. The van der Waals surface area contributed by atoms with Crippen molar-refractivity contribution in [2.75, 3.05) is 18.4 Å². The fraction of sp³-hybridized carbons (Fsp3) is 0.471. The highest BCUT2D eigenvalue weighted by Crippen LogP contribution is 2.50. The molecule has 0 radical (unpaired) electrons. The number of amides is 2. The summed E-state index contributed by atoms with van der Waals surface area (Å²) in [7, 11) is 0. The first-order valence-corrected chi connectivity index (χ1v) is 16.4. The van der Waals surface area contributed by atoms with Crippen molar-refractivity contribution in [2.45, 2.75) is 90.5 Å². The molecule has 11 nitrogen and oxygen atoms in total. The highest BCUT2D eigenvalue weighted by atomic mass is 35.5. The third-order valence-corrected chi connectivity index (χ3v) is 9.38. The molecular weight excluding hydrogens is 663 g/mol. The van der Waals surface area contributed by atoms with Crippen LogP contribution in [0.3, 0.4) is 0 Å². The van der Waals surface area contributed by atoms with Gasteiger partial charge >= 0.3 is 12.3 Å². The second kappa shape index (κ2) is 12.1. The number of likely N-dealkylation sites (tertiary alicyclic amines) is 1. The lowest BCUT2D eigenvalue weighted by molar-refractivity contribution is -0.137. The summed E-state index contributed by atoms with van der Waals surface area (Å²) in [5.74, 6) is -0.332. The number of benzene rings is 1. The van der Waals surface area contributed by atoms with Crippen LogP contribution in [-0.2, 0) is 27.7 Å². The van der Waals surface area contributed by atoms with E-state index in [1.54, 1.807) is 21.6 Å². The molecule has 6 rings (SSSR count). The Morgan fingerprint density at radius 3 is 2.31 bits per heavy atom. The van der Waals surface area contributed by atoms with E-state index in [0.717, 1.165) is 29.6 Å². The number of rotatable bonds is 4. The molecule has 1 spiro atoms. The summed E-state index contributed by atoms with van der Waals surface area (Å²) in [5.41, 5.74) is 0.770. The highest BCUT2D eigenvalue weighted by molar-refractivity contribution is 6.33. The van der Waals surface area contributed by atoms with Crippen molar-refractivity contribution < 1.29 is 27.5 Å². The van der Waals surface area contributed by atoms with Crippen LogP contribution in [-0.4, -0.2) is 59.7 Å². The number of piperidine rings is 1. The lowest BCUT2D eigenvalue weighted by Gasteiger charge is -2.40. The van der Waals surface area contributed by atoms with Gasteiger partial charge in [-0.25, -0.2) is 4.79 Å². The topological polar surface area (TPSA) is 124 Å². The summed E-state index contributed by atoms with van der Waals surface area (Å²) in [5, 5.41) is 6.98. The number of hydrogen-bond donors (Lipinski definition) is 1. The van der Waals surface area contributed by atoms with Gasteiger partial charge in [0.2, 0.25) is 11.7 Å². The Hall–Kier alpha value is -4.46. The largest absolute Gasteiger partial charge is 0.444 e. The third-order valence-electron chi connectivity index (χ3n) is 9.06. The van der Waals surface area contributed by atoms with Crippen molar-refractivity contribution in [3.63, 3.8) is 0 Å². The fourth-order valence-electron chi connectivity index (χ4n) is 7.13. The van der Waals surface area contributed by atoms with Gasteiger partial charge in [-0.05, 0) is 90.1 Å². The van der Waals surface area contributed by atoms with E-state index in [9.17, 15) is 27.6 Å². The minimum Gasteiger partial charge on any atom is -0.444 e. The summed E-state index contributed by atoms with van der Waals surface area (Å²) < 4.78 is 48.1. The summed E-state index contributed by atoms with van der Waals surface area (Å²) in [6, 6.07) is 6.31. The number of carbonyl (C=O) groups excluding carboxylic acids is 2. The minimum absolute atomic E-state index is 0.0114. The van der Waals surface area contributed by atoms with E-state index in [1.165, 1.54) is 4.52 Å². The van der Waals surface area contributed by atoms with Gasteiger partial charge in [0.25, 0.3) is 5.56 Å². The molecule has 1 aliphatic carbocycles. The lowest BCUT2D eigenvalue weighted by Crippen LogP contribution is -2.48. The van der Waals surface area contributed by atoms with Gasteiger partial charge in [-0.15, -0.1) is 5.10 Å². The molecule has 4 heterocycles. The van der Waals surface area contributed by atoms with E-state index in [2.05, 4.69) is 15.4 Å². The molecule has 1 fully saturated rings. The van der Waals surface area contributed by atoms with Crippen LogP contribution in [0.25, 0.3) is 17.2 Å². The van der Waals surface area contributed by atoms with Crippen molar-refractivity contribution in [3.05, 3.63) is 73.9 Å². The number of halogens is 4. The molecule has 1 N–H and O–H groups in total. The van der Waals surface area contributed by atoms with Crippen molar-refractivity contribution in [1.82, 2.24) is 29.0 Å². The van der Waals surface area contributed by atoms with Gasteiger partial charge < -0.3 is 19.5 Å². The Morgan fingerprint density at radius 1 is 1.06 bits per heavy atom. The molecule has 1 atom stereocenters. The molecule has 15 heteroatoms. The standard InChI is InChI=1S/C34H37ClF3N7O4/c1-18-16-33(9-11-43(12-10-33)31(48)49-32(4,5)6)26-27(18)44(17-25(46)40-24-8-7-22(15-23(24)35)34(36,37)38)30-41-28(42-45(30)29(26)47)21-13-19(2)39-20(3)14-21/h7-8,13-15,18H,9-12,16-17H2,1-6H3,(H,40,46). The first-order valence-electron chi connectivity index (χ1n) is 16.0. The number of nitrogens with zero attached hydrogens (tertiary/aromatic N) is 6. The van der Waals surface area contributed by atoms with Crippen LogP contribution in [0.15, 0.2) is 35.1 Å². The first kappa shape index (κ1) is 34.4. The van der Waals surface area contributed by atoms with Crippen molar-refractivity contribution >= 4 is 35.1 Å². The Kier molecular flexibility index (Phi) is 8.53. The van der Waals surface area contributed by atoms with E-state index < -0.39 is 34.8 Å². The van der Waals surface area contributed by atoms with E-state index in [4.69, 9.17) is 21.3 Å². The van der Waals surface area contributed by atoms with Gasteiger partial charge in [-0.3, -0.25) is 14.6 Å². The Labute approximate surface area is 285 Å². The van der Waals surface area contributed by atoms with Gasteiger partial charge in [0.15, 0.2) is 5.82 Å². The Morgan fingerprint density at radius 2 is 1.71 bits per heavy atom. The van der Waals surface area contributed by atoms with E-state index >= 15 is 0 Å². The van der Waals surface area contributed by atoms with Gasteiger partial charge in [0.1, 0.15) is 12.1 Å². The predicted molar refractivity (Wildman–Crippen MR) is 177 cm³/mol. The minimum atomic E-state index is -4.60. The maximum Gasteiger partial charge on any atom is 0.416 e. The average Bonchev–Trinajstić information content (AvgIpc) is 3.55. The zero-order valence-corrected chi connectivity index (χ0v) is 28.8. The van der Waals surface area contributed by atoms with Crippen molar-refractivity contribution in [2.24, 2.45) is 0 Å². The van der Waals surface area contributed by atoms with Crippen LogP contribution in [0.4, 0.5) is 23.7 Å². The van der Waals surface area contributed by atoms with Gasteiger partial charge in [-0.1, -0.05) is 18.5 Å². The number of alkyl halides is 3. The molecule has 1 saturated heterocycles. The monoisotopic (exact) mass is 699 g/mol. The highest BCUT2D eigenvalue weighted by Gasteiger charge is 2.49. The molecule has 260 valence electrons. The molecule has 0 bridgehead atoms. The summed E-state index contributed by atoms with van der Waals surface area (Å²) in [6.07, 6.45) is -3.40. The number of nitrogens with one attached hydrogen (secondary N) is 1. The number of hydrogen-bond acceptors (Lipinski definition) is 7. The Bertz CT molecular complexity index is 2020. The van der Waals surface area contributed by atoms with Crippen LogP contribution >= 0.6 is 11.6 Å². The molecular formula is C34H37ClF3N7O4. The SMILES string of the molecule is Cc1cc(-c2nc3n(CC(=O)Nc4ccc(C(F)(F)F)cc4Cl)c4c(c(=O)n3n2)C2(CCN(C(=O)OC(C)(C)C)CC2)CC4C)cc(C)n1. The zero-order chi connectivity index (χ0) is 35.6. The molecule has 2 aliphatic rings. The average molecular weight is 700 g/mol. The van der Waals surface area contributed by atoms with Gasteiger partial charge in [0.05, 0.1) is 16.3 Å². The van der Waals surface area contributed by atoms with Crippen LogP contribution in [0.2, 0.25) is 5.02 Å². The molecule has 4 aromatic rings. The van der Waals surface area contributed by atoms with E-state index in [0.29, 0.717) is 49.2 Å². The van der Waals surface area contributed by atoms with Crippen LogP contribution < -0.4 is 10.9 Å². The van der Waals surface area contributed by atoms with Crippen molar-refractivity contribution in [1.29, 1.82) is 0 Å². The summed E-state index contributed by atoms with van der Waals surface area (Å²) in [4.78, 5) is 51.7. The number of ether oxygens (including phenoxy) is 1. The molecule has 1 unspecified atom stereocenters. The van der Waals surface area contributed by atoms with Crippen LogP contribution in [0.5, 0.6) is 0 Å². The molecule has 1 aromatic carbocycles. The number of pyridine rings is 1. The van der Waals surface area contributed by atoms with Crippen LogP contribution in [0.1, 0.15) is 81.1 Å². The molecule has 3 aromatic heterocycles. The molecule has 1 aliphatic heterocycles. The molecule has 49 heavy (non-hydrogen) atoms. The van der Waals surface area contributed by atoms with Crippen molar-refractivity contribution in [3.8, 4) is 11.4 Å². The smallest absolute Gasteiger partial charge is 0.416 e.